The highest BCUT2D eigenvalue weighted by Crippen LogP contribution is 2.23. The van der Waals surface area contributed by atoms with Gasteiger partial charge < -0.3 is 4.98 Å². The van der Waals surface area contributed by atoms with Gasteiger partial charge in [-0.05, 0) is 18.1 Å². The lowest BCUT2D eigenvalue weighted by Crippen LogP contribution is -1.88. The van der Waals surface area contributed by atoms with E-state index >= 15 is 0 Å². The molecule has 3 nitrogen and oxygen atoms in total. The van der Waals surface area contributed by atoms with Crippen LogP contribution in [0.2, 0.25) is 0 Å². The third kappa shape index (κ3) is 1.69. The molecule has 3 aromatic rings. The molecule has 17 heavy (non-hydrogen) atoms. The Kier molecular flexibility index (Phi) is 2.37. The van der Waals surface area contributed by atoms with Crippen molar-refractivity contribution in [2.24, 2.45) is 0 Å². The molecule has 1 N–H and O–H groups in total. The first-order valence-corrected chi connectivity index (χ1v) is 5.76. The highest BCUT2D eigenvalue weighted by Gasteiger charge is 2.07. The maximum atomic E-state index is 4.60. The van der Waals surface area contributed by atoms with Crippen LogP contribution >= 0.6 is 0 Å². The molecule has 0 amide bonds. The molecule has 0 bridgehead atoms. The predicted octanol–water partition coefficient (Wildman–Crippen LogP) is 3.19. The fourth-order valence-electron chi connectivity index (χ4n) is 2.04. The summed E-state index contributed by atoms with van der Waals surface area (Å²) in [4.78, 5) is 12.0. The van der Waals surface area contributed by atoms with E-state index in [1.165, 1.54) is 11.1 Å². The van der Waals surface area contributed by atoms with E-state index < -0.39 is 0 Å². The smallest absolute Gasteiger partial charge is 0.138 e. The molecule has 3 rings (SSSR count). The summed E-state index contributed by atoms with van der Waals surface area (Å²) in [7, 11) is 0. The molecule has 1 aromatic carbocycles. The van der Waals surface area contributed by atoms with Crippen LogP contribution < -0.4 is 0 Å². The number of hydrogen-bond donors (Lipinski definition) is 1. The molecule has 0 aliphatic carbocycles. The van der Waals surface area contributed by atoms with Crippen molar-refractivity contribution < 1.29 is 0 Å². The van der Waals surface area contributed by atoms with Gasteiger partial charge >= 0.3 is 0 Å². The van der Waals surface area contributed by atoms with Crippen molar-refractivity contribution in [3.63, 3.8) is 0 Å². The summed E-state index contributed by atoms with van der Waals surface area (Å²) in [6.45, 7) is 2.16. The Labute approximate surface area is 99.5 Å². The lowest BCUT2D eigenvalue weighted by Gasteiger charge is -2.03. The van der Waals surface area contributed by atoms with Crippen LogP contribution in [0.25, 0.3) is 22.4 Å². The van der Waals surface area contributed by atoms with Gasteiger partial charge in [0.15, 0.2) is 0 Å². The monoisotopic (exact) mass is 223 g/mol. The van der Waals surface area contributed by atoms with Crippen LogP contribution in [-0.2, 0) is 6.42 Å². The highest BCUT2D eigenvalue weighted by atomic mass is 14.9. The van der Waals surface area contributed by atoms with Crippen LogP contribution in [0.3, 0.4) is 0 Å². The number of benzene rings is 1. The van der Waals surface area contributed by atoms with E-state index in [1.54, 1.807) is 12.4 Å². The summed E-state index contributed by atoms with van der Waals surface area (Å²) in [6.07, 6.45) is 4.57. The van der Waals surface area contributed by atoms with Gasteiger partial charge in [0.1, 0.15) is 5.82 Å². The minimum atomic E-state index is 0.922. The Hall–Kier alpha value is -2.16. The van der Waals surface area contributed by atoms with Gasteiger partial charge in [-0.2, -0.15) is 0 Å². The van der Waals surface area contributed by atoms with Crippen molar-refractivity contribution in [3.8, 4) is 11.4 Å². The lowest BCUT2D eigenvalue weighted by molar-refractivity contribution is 1.13. The van der Waals surface area contributed by atoms with Gasteiger partial charge in [0.2, 0.25) is 0 Å². The Morgan fingerprint density at radius 3 is 2.88 bits per heavy atom. The molecule has 84 valence electrons. The number of aryl methyl sites for hydroxylation is 1. The third-order valence-electron chi connectivity index (χ3n) is 2.94. The Morgan fingerprint density at radius 2 is 2.06 bits per heavy atom. The summed E-state index contributed by atoms with van der Waals surface area (Å²) >= 11 is 0. The standard InChI is InChI=1S/C14H13N3/c1-2-10-5-3-4-6-11(10)14-16-12-7-8-15-9-13(12)17-14/h3-9H,2H2,1H3,(H,16,17). The molecule has 0 saturated heterocycles. The van der Waals surface area contributed by atoms with Gasteiger partial charge in [0.25, 0.3) is 0 Å². The summed E-state index contributed by atoms with van der Waals surface area (Å²) in [5.74, 6) is 0.922. The maximum absolute atomic E-state index is 4.60. The minimum absolute atomic E-state index is 0.922. The number of rotatable bonds is 2. The average molecular weight is 223 g/mol. The van der Waals surface area contributed by atoms with Crippen molar-refractivity contribution in [3.05, 3.63) is 48.3 Å². The van der Waals surface area contributed by atoms with Crippen LogP contribution in [-0.4, -0.2) is 15.0 Å². The fourth-order valence-corrected chi connectivity index (χ4v) is 2.04. The number of pyridine rings is 1. The Bertz CT molecular complexity index is 622. The first-order valence-electron chi connectivity index (χ1n) is 5.76. The van der Waals surface area contributed by atoms with Gasteiger partial charge in [-0.15, -0.1) is 0 Å². The van der Waals surface area contributed by atoms with Crippen molar-refractivity contribution in [1.82, 2.24) is 15.0 Å². The second-order valence-corrected chi connectivity index (χ2v) is 3.99. The van der Waals surface area contributed by atoms with E-state index in [2.05, 4.69) is 40.1 Å². The number of aromatic amines is 1. The van der Waals surface area contributed by atoms with E-state index in [4.69, 9.17) is 0 Å². The normalized spacial score (nSPS) is 10.9. The molecule has 2 heterocycles. The molecule has 0 aliphatic heterocycles. The third-order valence-corrected chi connectivity index (χ3v) is 2.94. The highest BCUT2D eigenvalue weighted by molar-refractivity contribution is 5.78. The lowest BCUT2D eigenvalue weighted by atomic mass is 10.1. The Balaban J connectivity index is 2.20. The molecule has 0 fully saturated rings. The first kappa shape index (κ1) is 10.0. The van der Waals surface area contributed by atoms with E-state index in [0.29, 0.717) is 0 Å². The van der Waals surface area contributed by atoms with Crippen LogP contribution in [0, 0.1) is 0 Å². The number of hydrogen-bond acceptors (Lipinski definition) is 2. The molecule has 2 aromatic heterocycles. The summed E-state index contributed by atoms with van der Waals surface area (Å²) in [5, 5.41) is 0. The van der Waals surface area contributed by atoms with Gasteiger partial charge in [-0.25, -0.2) is 4.98 Å². The largest absolute Gasteiger partial charge is 0.337 e. The van der Waals surface area contributed by atoms with Crippen LogP contribution in [0.1, 0.15) is 12.5 Å². The van der Waals surface area contributed by atoms with Gasteiger partial charge in [-0.1, -0.05) is 31.2 Å². The van der Waals surface area contributed by atoms with Crippen molar-refractivity contribution in [1.29, 1.82) is 0 Å². The molecule has 0 atom stereocenters. The van der Waals surface area contributed by atoms with E-state index in [-0.39, 0.29) is 0 Å². The summed E-state index contributed by atoms with van der Waals surface area (Å²) < 4.78 is 0. The molecule has 0 radical (unpaired) electrons. The topological polar surface area (TPSA) is 41.6 Å². The minimum Gasteiger partial charge on any atom is -0.337 e. The molecule has 0 unspecified atom stereocenters. The number of imidazole rings is 1. The zero-order valence-electron chi connectivity index (χ0n) is 9.64. The SMILES string of the molecule is CCc1ccccc1-c1nc2ccncc2[nH]1. The van der Waals surface area contributed by atoms with Gasteiger partial charge in [0, 0.05) is 11.8 Å². The zero-order valence-corrected chi connectivity index (χ0v) is 9.64. The molecular formula is C14H13N3. The first-order chi connectivity index (χ1) is 8.38. The van der Waals surface area contributed by atoms with E-state index in [0.717, 1.165) is 23.3 Å². The number of fused-ring (bicyclic) bond motifs is 1. The molecular weight excluding hydrogens is 210 g/mol. The van der Waals surface area contributed by atoms with Gasteiger partial charge in [-0.3, -0.25) is 4.98 Å². The fraction of sp³-hybridized carbons (Fsp3) is 0.143. The molecule has 0 saturated carbocycles. The number of H-pyrrole nitrogens is 1. The summed E-state index contributed by atoms with van der Waals surface area (Å²) in [6, 6.07) is 10.3. The van der Waals surface area contributed by atoms with Crippen molar-refractivity contribution >= 4 is 11.0 Å². The van der Waals surface area contributed by atoms with Gasteiger partial charge in [0.05, 0.1) is 17.2 Å². The van der Waals surface area contributed by atoms with Crippen LogP contribution in [0.4, 0.5) is 0 Å². The maximum Gasteiger partial charge on any atom is 0.138 e. The second kappa shape index (κ2) is 4.01. The molecule has 0 aliphatic rings. The Morgan fingerprint density at radius 1 is 1.18 bits per heavy atom. The van der Waals surface area contributed by atoms with Crippen LogP contribution in [0.5, 0.6) is 0 Å². The zero-order chi connectivity index (χ0) is 11.7. The molecule has 3 heteroatoms. The molecule has 0 spiro atoms. The number of aromatic nitrogens is 3. The quantitative estimate of drug-likeness (QED) is 0.725. The number of nitrogens with one attached hydrogen (secondary N) is 1. The van der Waals surface area contributed by atoms with E-state index in [9.17, 15) is 0 Å². The van der Waals surface area contributed by atoms with E-state index in [1.807, 2.05) is 12.1 Å². The predicted molar refractivity (Wildman–Crippen MR) is 68.7 cm³/mol. The summed E-state index contributed by atoms with van der Waals surface area (Å²) in [5.41, 5.74) is 4.42. The second-order valence-electron chi connectivity index (χ2n) is 3.99. The number of nitrogens with zero attached hydrogens (tertiary/aromatic N) is 2. The average Bonchev–Trinajstić information content (AvgIpc) is 2.82. The van der Waals surface area contributed by atoms with Crippen LogP contribution in [0.15, 0.2) is 42.7 Å². The van der Waals surface area contributed by atoms with Crippen molar-refractivity contribution in [2.75, 3.05) is 0 Å². The van der Waals surface area contributed by atoms with Crippen molar-refractivity contribution in [2.45, 2.75) is 13.3 Å².